The molecule has 0 saturated carbocycles. The van der Waals surface area contributed by atoms with E-state index in [4.69, 9.17) is 0 Å². The topological polar surface area (TPSA) is 29.5 Å². The minimum absolute atomic E-state index is 0.00350. The second-order valence-corrected chi connectivity index (χ2v) is 5.08. The fraction of sp³-hybridized carbons (Fsp3) is 0.417. The van der Waals surface area contributed by atoms with E-state index in [1.54, 1.807) is 17.0 Å². The first-order valence-electron chi connectivity index (χ1n) is 5.58. The number of anilines is 1. The van der Waals surface area contributed by atoms with Crippen LogP contribution in [0.5, 0.6) is 5.75 Å². The average molecular weight is 320 g/mol. The van der Waals surface area contributed by atoms with Crippen molar-refractivity contribution in [2.45, 2.75) is 24.3 Å². The van der Waals surface area contributed by atoms with Crippen molar-refractivity contribution >= 4 is 27.5 Å². The third kappa shape index (κ3) is 2.98. The van der Waals surface area contributed by atoms with Gasteiger partial charge in [0, 0.05) is 12.2 Å². The van der Waals surface area contributed by atoms with Gasteiger partial charge in [-0.2, -0.15) is 8.78 Å². The van der Waals surface area contributed by atoms with Gasteiger partial charge in [0.2, 0.25) is 5.91 Å². The molecule has 0 radical (unpaired) electrons. The highest BCUT2D eigenvalue weighted by molar-refractivity contribution is 9.10. The molecule has 1 fully saturated rings. The van der Waals surface area contributed by atoms with E-state index in [9.17, 15) is 13.6 Å². The van der Waals surface area contributed by atoms with E-state index in [0.29, 0.717) is 12.2 Å². The van der Waals surface area contributed by atoms with Crippen LogP contribution in [0.2, 0.25) is 0 Å². The molecule has 1 aromatic carbocycles. The summed E-state index contributed by atoms with van der Waals surface area (Å²) in [6.07, 6.45) is 1.73. The molecule has 0 N–H and O–H groups in total. The quantitative estimate of drug-likeness (QED) is 0.801. The zero-order chi connectivity index (χ0) is 13.1. The second-order valence-electron chi connectivity index (χ2n) is 3.97. The Kier molecular flexibility index (Phi) is 4.16. The Morgan fingerprint density at radius 3 is 2.61 bits per heavy atom. The molecule has 1 aliphatic heterocycles. The Labute approximate surface area is 112 Å². The maximum absolute atomic E-state index is 12.0. The first-order valence-corrected chi connectivity index (χ1v) is 6.50. The normalized spacial score (nSPS) is 20.3. The van der Waals surface area contributed by atoms with Crippen LogP contribution >= 0.6 is 15.9 Å². The lowest BCUT2D eigenvalue weighted by Crippen LogP contribution is -2.41. The van der Waals surface area contributed by atoms with E-state index < -0.39 is 6.61 Å². The van der Waals surface area contributed by atoms with Crippen LogP contribution in [-0.2, 0) is 4.79 Å². The molecule has 3 nitrogen and oxygen atoms in total. The van der Waals surface area contributed by atoms with Crippen molar-refractivity contribution in [3.8, 4) is 5.75 Å². The Morgan fingerprint density at radius 1 is 1.33 bits per heavy atom. The van der Waals surface area contributed by atoms with Gasteiger partial charge in [-0.05, 0) is 37.1 Å². The van der Waals surface area contributed by atoms with Gasteiger partial charge in [0.25, 0.3) is 0 Å². The number of nitrogens with zero attached hydrogens (tertiary/aromatic N) is 1. The van der Waals surface area contributed by atoms with Crippen LogP contribution in [0.15, 0.2) is 24.3 Å². The van der Waals surface area contributed by atoms with Crippen molar-refractivity contribution < 1.29 is 18.3 Å². The lowest BCUT2D eigenvalue weighted by Gasteiger charge is -2.29. The number of rotatable bonds is 3. The number of ether oxygens (including phenoxy) is 1. The molecule has 2 rings (SSSR count). The summed E-state index contributed by atoms with van der Waals surface area (Å²) in [6, 6.07) is 6.10. The lowest BCUT2D eigenvalue weighted by molar-refractivity contribution is -0.118. The van der Waals surface area contributed by atoms with Gasteiger partial charge in [0.05, 0.1) is 4.83 Å². The van der Waals surface area contributed by atoms with E-state index in [2.05, 4.69) is 20.7 Å². The molecule has 1 saturated heterocycles. The molecular formula is C12H12BrF2NO2. The summed E-state index contributed by atoms with van der Waals surface area (Å²) in [6.45, 7) is -2.19. The van der Waals surface area contributed by atoms with E-state index in [1.807, 2.05) is 0 Å². The molecule has 1 aliphatic rings. The Balaban J connectivity index is 2.11. The molecule has 0 aromatic heterocycles. The molecule has 98 valence electrons. The minimum atomic E-state index is -2.83. The molecule has 6 heteroatoms. The number of amides is 1. The summed E-state index contributed by atoms with van der Waals surface area (Å²) < 4.78 is 28.3. The molecule has 18 heavy (non-hydrogen) atoms. The Bertz CT molecular complexity index is 425. The number of hydrogen-bond donors (Lipinski definition) is 0. The van der Waals surface area contributed by atoms with Crippen molar-refractivity contribution in [1.82, 2.24) is 0 Å². The van der Waals surface area contributed by atoms with Gasteiger partial charge in [-0.1, -0.05) is 15.9 Å². The summed E-state index contributed by atoms with van der Waals surface area (Å²) >= 11 is 3.32. The molecule has 1 amide bonds. The first kappa shape index (κ1) is 13.3. The highest BCUT2D eigenvalue weighted by atomic mass is 79.9. The zero-order valence-corrected chi connectivity index (χ0v) is 11.1. The van der Waals surface area contributed by atoms with Crippen molar-refractivity contribution in [2.24, 2.45) is 0 Å². The van der Waals surface area contributed by atoms with Crippen LogP contribution in [0.4, 0.5) is 14.5 Å². The van der Waals surface area contributed by atoms with Crippen LogP contribution in [-0.4, -0.2) is 23.9 Å². The maximum Gasteiger partial charge on any atom is 0.387 e. The van der Waals surface area contributed by atoms with Gasteiger partial charge in [-0.25, -0.2) is 0 Å². The Morgan fingerprint density at radius 2 is 2.00 bits per heavy atom. The van der Waals surface area contributed by atoms with Gasteiger partial charge in [0.1, 0.15) is 5.75 Å². The fourth-order valence-electron chi connectivity index (χ4n) is 1.90. The molecule has 0 aliphatic carbocycles. The Hall–Kier alpha value is -1.17. The first-order chi connectivity index (χ1) is 8.58. The van der Waals surface area contributed by atoms with E-state index >= 15 is 0 Å². The number of benzene rings is 1. The van der Waals surface area contributed by atoms with Crippen LogP contribution in [0, 0.1) is 0 Å². The van der Waals surface area contributed by atoms with Crippen molar-refractivity contribution in [1.29, 1.82) is 0 Å². The monoisotopic (exact) mass is 319 g/mol. The van der Waals surface area contributed by atoms with E-state index in [0.717, 1.165) is 12.8 Å². The summed E-state index contributed by atoms with van der Waals surface area (Å²) in [5.41, 5.74) is 0.700. The molecular weight excluding hydrogens is 308 g/mol. The molecule has 1 atom stereocenters. The molecule has 1 heterocycles. The van der Waals surface area contributed by atoms with Crippen LogP contribution in [0.1, 0.15) is 12.8 Å². The van der Waals surface area contributed by atoms with Gasteiger partial charge in [-0.3, -0.25) is 4.79 Å². The number of carbonyl (C=O) groups excluding carboxylic acids is 1. The third-order valence-electron chi connectivity index (χ3n) is 2.75. The summed E-state index contributed by atoms with van der Waals surface area (Å²) in [5, 5.41) is 0. The second kappa shape index (κ2) is 5.65. The molecule has 0 spiro atoms. The number of hydrogen-bond acceptors (Lipinski definition) is 2. The van der Waals surface area contributed by atoms with Gasteiger partial charge >= 0.3 is 6.61 Å². The molecule has 0 bridgehead atoms. The van der Waals surface area contributed by atoms with Crippen LogP contribution in [0.25, 0.3) is 0 Å². The SMILES string of the molecule is O=C1C(Br)CCCN1c1ccc(OC(F)F)cc1. The maximum atomic E-state index is 12.0. The third-order valence-corrected chi connectivity index (χ3v) is 3.60. The van der Waals surface area contributed by atoms with Crippen molar-refractivity contribution in [3.63, 3.8) is 0 Å². The van der Waals surface area contributed by atoms with Gasteiger partial charge in [0.15, 0.2) is 0 Å². The standard InChI is InChI=1S/C12H12BrF2NO2/c13-10-2-1-7-16(11(10)17)8-3-5-9(6-4-8)18-12(14)15/h3-6,10,12H,1-2,7H2. The van der Waals surface area contributed by atoms with E-state index in [-0.39, 0.29) is 16.5 Å². The zero-order valence-electron chi connectivity index (χ0n) is 9.48. The predicted molar refractivity (Wildman–Crippen MR) is 67.4 cm³/mol. The van der Waals surface area contributed by atoms with Crippen LogP contribution in [0.3, 0.4) is 0 Å². The number of alkyl halides is 3. The molecule has 1 aromatic rings. The van der Waals surface area contributed by atoms with Gasteiger partial charge < -0.3 is 9.64 Å². The fourth-order valence-corrected chi connectivity index (χ4v) is 2.47. The smallest absolute Gasteiger partial charge is 0.387 e. The van der Waals surface area contributed by atoms with Gasteiger partial charge in [-0.15, -0.1) is 0 Å². The predicted octanol–water partition coefficient (Wildman–Crippen LogP) is 3.18. The number of halogens is 3. The minimum Gasteiger partial charge on any atom is -0.435 e. The summed E-state index contributed by atoms with van der Waals surface area (Å²) in [7, 11) is 0. The lowest BCUT2D eigenvalue weighted by atomic mass is 10.1. The largest absolute Gasteiger partial charge is 0.435 e. The number of carbonyl (C=O) groups is 1. The molecule has 1 unspecified atom stereocenters. The highest BCUT2D eigenvalue weighted by Crippen LogP contribution is 2.26. The van der Waals surface area contributed by atoms with Crippen LogP contribution < -0.4 is 9.64 Å². The summed E-state index contributed by atoms with van der Waals surface area (Å²) in [5.74, 6) is 0.0948. The van der Waals surface area contributed by atoms with Crippen molar-refractivity contribution in [3.05, 3.63) is 24.3 Å². The van der Waals surface area contributed by atoms with Crippen molar-refractivity contribution in [2.75, 3.05) is 11.4 Å². The highest BCUT2D eigenvalue weighted by Gasteiger charge is 2.27. The average Bonchev–Trinajstić information content (AvgIpc) is 2.33. The van der Waals surface area contributed by atoms with E-state index in [1.165, 1.54) is 12.1 Å². The number of piperidine rings is 1. The summed E-state index contributed by atoms with van der Waals surface area (Å²) in [4.78, 5) is 13.4.